The number of Topliss-reactive ketones (excluding diaryl/α,β-unsaturated/α-hetero) is 2. The third-order valence-electron chi connectivity index (χ3n) is 2.86. The molecule has 0 aromatic carbocycles. The van der Waals surface area contributed by atoms with Gasteiger partial charge in [0.25, 0.3) is 0 Å². The van der Waals surface area contributed by atoms with Crippen LogP contribution in [0.5, 0.6) is 0 Å². The lowest BCUT2D eigenvalue weighted by molar-refractivity contribution is -0.121. The van der Waals surface area contributed by atoms with E-state index in [2.05, 4.69) is 26.2 Å². The monoisotopic (exact) mass is 254 g/mol. The van der Waals surface area contributed by atoms with Gasteiger partial charge in [0, 0.05) is 33.3 Å². The fraction of sp³-hybridized carbons (Fsp3) is 0.714. The van der Waals surface area contributed by atoms with Crippen LogP contribution in [0.2, 0.25) is 25.7 Å². The highest BCUT2D eigenvalue weighted by Gasteiger charge is 2.27. The van der Waals surface area contributed by atoms with E-state index in [1.165, 1.54) is 0 Å². The van der Waals surface area contributed by atoms with E-state index in [1.807, 2.05) is 13.8 Å². The van der Waals surface area contributed by atoms with Gasteiger partial charge in [0.15, 0.2) is 0 Å². The van der Waals surface area contributed by atoms with E-state index in [-0.39, 0.29) is 17.5 Å². The van der Waals surface area contributed by atoms with E-state index in [4.69, 9.17) is 0 Å². The van der Waals surface area contributed by atoms with Crippen molar-refractivity contribution in [3.05, 3.63) is 12.2 Å². The van der Waals surface area contributed by atoms with Crippen LogP contribution < -0.4 is 0 Å². The summed E-state index contributed by atoms with van der Waals surface area (Å²) in [6.07, 6.45) is 1.44. The number of allylic oxidation sites excluding steroid dienone is 1. The lowest BCUT2D eigenvalue weighted by Crippen LogP contribution is -2.29. The Morgan fingerprint density at radius 3 is 2.00 bits per heavy atom. The average molecular weight is 254 g/mol. The molecule has 0 aliphatic carbocycles. The minimum atomic E-state index is -1.32. The summed E-state index contributed by atoms with van der Waals surface area (Å²) in [4.78, 5) is 23.4. The molecule has 0 aromatic rings. The Hall–Kier alpha value is -0.703. The molecule has 0 saturated carbocycles. The first kappa shape index (κ1) is 16.3. The first-order valence-electron chi connectivity index (χ1n) is 6.43. The molecule has 0 spiro atoms. The molecule has 2 nitrogen and oxygen atoms in total. The van der Waals surface area contributed by atoms with Crippen LogP contribution in [-0.4, -0.2) is 19.6 Å². The normalized spacial score (nSPS) is 13.2. The van der Waals surface area contributed by atoms with Crippen LogP contribution in [0.1, 0.15) is 33.1 Å². The minimum Gasteiger partial charge on any atom is -0.299 e. The van der Waals surface area contributed by atoms with Crippen LogP contribution in [0.3, 0.4) is 0 Å². The Kier molecular flexibility index (Phi) is 6.61. The Balaban J connectivity index is 4.75. The maximum atomic E-state index is 12.0. The molecule has 0 aliphatic rings. The standard InChI is InChI=1S/C14H26O2Si/c1-7-12(15)9-11(3)13(14(16)8-2)10-17(4,5)6/h13H,3,7-10H2,1-2,4-6H3. The van der Waals surface area contributed by atoms with Crippen molar-refractivity contribution >= 4 is 19.6 Å². The molecule has 3 heteroatoms. The van der Waals surface area contributed by atoms with Crippen LogP contribution in [0.4, 0.5) is 0 Å². The predicted molar refractivity (Wildman–Crippen MR) is 76.0 cm³/mol. The van der Waals surface area contributed by atoms with Crippen molar-refractivity contribution in [2.24, 2.45) is 5.92 Å². The van der Waals surface area contributed by atoms with Gasteiger partial charge < -0.3 is 0 Å². The summed E-state index contributed by atoms with van der Waals surface area (Å²) in [5.74, 6) is 0.322. The largest absolute Gasteiger partial charge is 0.299 e. The van der Waals surface area contributed by atoms with Crippen LogP contribution in [-0.2, 0) is 9.59 Å². The second kappa shape index (κ2) is 6.89. The van der Waals surface area contributed by atoms with Crippen molar-refractivity contribution < 1.29 is 9.59 Å². The zero-order valence-electron chi connectivity index (χ0n) is 11.9. The Morgan fingerprint density at radius 2 is 1.65 bits per heavy atom. The highest BCUT2D eigenvalue weighted by molar-refractivity contribution is 6.76. The third-order valence-corrected chi connectivity index (χ3v) is 4.50. The minimum absolute atomic E-state index is 0.0952. The summed E-state index contributed by atoms with van der Waals surface area (Å²) < 4.78 is 0. The van der Waals surface area contributed by atoms with Crippen molar-refractivity contribution in [2.75, 3.05) is 0 Å². The van der Waals surface area contributed by atoms with E-state index in [1.54, 1.807) is 0 Å². The number of hydrogen-bond acceptors (Lipinski definition) is 2. The number of carbonyl (C=O) groups is 2. The average Bonchev–Trinajstić information content (AvgIpc) is 2.23. The predicted octanol–water partition coefficient (Wildman–Crippen LogP) is 3.85. The molecule has 0 aromatic heterocycles. The van der Waals surface area contributed by atoms with E-state index in [9.17, 15) is 9.59 Å². The first-order valence-corrected chi connectivity index (χ1v) is 10.1. The van der Waals surface area contributed by atoms with Crippen LogP contribution in [0, 0.1) is 5.92 Å². The van der Waals surface area contributed by atoms with Gasteiger partial charge in [0.2, 0.25) is 0 Å². The molecular formula is C14H26O2Si. The van der Waals surface area contributed by atoms with Gasteiger partial charge in [-0.1, -0.05) is 45.6 Å². The molecule has 1 unspecified atom stereocenters. The second-order valence-electron chi connectivity index (χ2n) is 5.86. The topological polar surface area (TPSA) is 34.1 Å². The molecule has 1 atom stereocenters. The van der Waals surface area contributed by atoms with Gasteiger partial charge >= 0.3 is 0 Å². The second-order valence-corrected chi connectivity index (χ2v) is 11.4. The van der Waals surface area contributed by atoms with Crippen molar-refractivity contribution in [3.8, 4) is 0 Å². The summed E-state index contributed by atoms with van der Waals surface area (Å²) in [5, 5.41) is 0. The van der Waals surface area contributed by atoms with Gasteiger partial charge in [-0.25, -0.2) is 0 Å². The van der Waals surface area contributed by atoms with E-state index in [0.29, 0.717) is 19.3 Å². The summed E-state index contributed by atoms with van der Waals surface area (Å²) in [6.45, 7) is 14.5. The molecule has 17 heavy (non-hydrogen) atoms. The summed E-state index contributed by atoms with van der Waals surface area (Å²) in [5.41, 5.74) is 0.825. The van der Waals surface area contributed by atoms with Crippen molar-refractivity contribution in [1.82, 2.24) is 0 Å². The molecule has 0 amide bonds. The van der Waals surface area contributed by atoms with Crippen LogP contribution in [0.25, 0.3) is 0 Å². The molecule has 0 saturated heterocycles. The lowest BCUT2D eigenvalue weighted by atomic mass is 9.92. The van der Waals surface area contributed by atoms with Gasteiger partial charge in [0.1, 0.15) is 11.6 Å². The molecule has 0 N–H and O–H groups in total. The van der Waals surface area contributed by atoms with Gasteiger partial charge in [-0.3, -0.25) is 9.59 Å². The van der Waals surface area contributed by atoms with Crippen molar-refractivity contribution in [3.63, 3.8) is 0 Å². The molecule has 98 valence electrons. The van der Waals surface area contributed by atoms with Crippen LogP contribution >= 0.6 is 0 Å². The lowest BCUT2D eigenvalue weighted by Gasteiger charge is -2.25. The molecule has 0 rings (SSSR count). The number of hydrogen-bond donors (Lipinski definition) is 0. The van der Waals surface area contributed by atoms with E-state index < -0.39 is 8.07 Å². The smallest absolute Gasteiger partial charge is 0.139 e. The van der Waals surface area contributed by atoms with Gasteiger partial charge in [-0.05, 0) is 6.04 Å². The molecule has 0 radical (unpaired) electrons. The van der Waals surface area contributed by atoms with Gasteiger partial charge in [-0.2, -0.15) is 0 Å². The maximum Gasteiger partial charge on any atom is 0.139 e. The fourth-order valence-electron chi connectivity index (χ4n) is 1.85. The fourth-order valence-corrected chi connectivity index (χ4v) is 3.59. The molecular weight excluding hydrogens is 228 g/mol. The molecule has 0 heterocycles. The summed E-state index contributed by atoms with van der Waals surface area (Å²) in [6, 6.07) is 0.912. The SMILES string of the molecule is C=C(CC(=O)CC)C(C[Si](C)(C)C)C(=O)CC. The maximum absolute atomic E-state index is 12.0. The third kappa shape index (κ3) is 6.57. The van der Waals surface area contributed by atoms with Crippen molar-refractivity contribution in [1.29, 1.82) is 0 Å². The number of rotatable bonds is 8. The number of carbonyl (C=O) groups excluding carboxylic acids is 2. The number of ketones is 2. The zero-order valence-corrected chi connectivity index (χ0v) is 12.9. The van der Waals surface area contributed by atoms with Crippen LogP contribution in [0.15, 0.2) is 12.2 Å². The quantitative estimate of drug-likeness (QED) is 0.487. The van der Waals surface area contributed by atoms with Crippen molar-refractivity contribution in [2.45, 2.75) is 58.8 Å². The summed E-state index contributed by atoms with van der Waals surface area (Å²) >= 11 is 0. The Labute approximate surface area is 106 Å². The highest BCUT2D eigenvalue weighted by atomic mass is 28.3. The first-order chi connectivity index (χ1) is 7.71. The Bertz CT molecular complexity index is 300. The van der Waals surface area contributed by atoms with Gasteiger partial charge in [-0.15, -0.1) is 0 Å². The zero-order chi connectivity index (χ0) is 13.6. The summed E-state index contributed by atoms with van der Waals surface area (Å²) in [7, 11) is -1.32. The van der Waals surface area contributed by atoms with Gasteiger partial charge in [0.05, 0.1) is 0 Å². The van der Waals surface area contributed by atoms with E-state index >= 15 is 0 Å². The molecule has 0 fully saturated rings. The molecule has 0 aliphatic heterocycles. The highest BCUT2D eigenvalue weighted by Crippen LogP contribution is 2.26. The van der Waals surface area contributed by atoms with E-state index in [0.717, 1.165) is 11.6 Å². The Morgan fingerprint density at radius 1 is 1.12 bits per heavy atom. The molecule has 0 bridgehead atoms.